The molecule has 114 valence electrons. The maximum Gasteiger partial charge on any atom is 0.356 e. The van der Waals surface area contributed by atoms with Crippen LogP contribution >= 0.6 is 0 Å². The number of methoxy groups -OCH3 is 1. The van der Waals surface area contributed by atoms with Crippen LogP contribution in [0.1, 0.15) is 36.1 Å². The predicted octanol–water partition coefficient (Wildman–Crippen LogP) is 0.994. The summed E-state index contributed by atoms with van der Waals surface area (Å²) in [5.74, 6) is 0.764. The summed E-state index contributed by atoms with van der Waals surface area (Å²) in [5, 5.41) is 3.30. The third kappa shape index (κ3) is 3.90. The van der Waals surface area contributed by atoms with Crippen molar-refractivity contribution in [1.29, 1.82) is 0 Å². The topological polar surface area (TPSA) is 84.4 Å². The van der Waals surface area contributed by atoms with E-state index in [-0.39, 0.29) is 17.6 Å². The van der Waals surface area contributed by atoms with Gasteiger partial charge in [-0.3, -0.25) is 4.79 Å². The third-order valence-corrected chi connectivity index (χ3v) is 3.52. The zero-order valence-electron chi connectivity index (χ0n) is 12.5. The first-order valence-corrected chi connectivity index (χ1v) is 6.95. The van der Waals surface area contributed by atoms with E-state index in [2.05, 4.69) is 20.0 Å². The van der Waals surface area contributed by atoms with E-state index in [0.29, 0.717) is 11.6 Å². The number of piperidine rings is 1. The number of carbonyl (C=O) groups excluding carboxylic acids is 2. The van der Waals surface area contributed by atoms with E-state index >= 15 is 0 Å². The zero-order valence-corrected chi connectivity index (χ0v) is 12.5. The van der Waals surface area contributed by atoms with Crippen molar-refractivity contribution in [2.45, 2.75) is 32.7 Å². The molecule has 7 heteroatoms. The summed E-state index contributed by atoms with van der Waals surface area (Å²) >= 11 is 0. The molecule has 1 aliphatic heterocycles. The van der Waals surface area contributed by atoms with Crippen molar-refractivity contribution < 1.29 is 14.3 Å². The van der Waals surface area contributed by atoms with Gasteiger partial charge in [0.2, 0.25) is 5.91 Å². The number of ether oxygens (including phenoxy) is 1. The van der Waals surface area contributed by atoms with Crippen molar-refractivity contribution >= 4 is 17.7 Å². The lowest BCUT2D eigenvalue weighted by molar-refractivity contribution is -0.129. The van der Waals surface area contributed by atoms with Crippen LogP contribution in [0.25, 0.3) is 0 Å². The average Bonchev–Trinajstić information content (AvgIpc) is 2.46. The number of aryl methyl sites for hydroxylation is 1. The van der Waals surface area contributed by atoms with Crippen LogP contribution in [0.4, 0.5) is 5.82 Å². The summed E-state index contributed by atoms with van der Waals surface area (Å²) in [6, 6.07) is 1.83. The van der Waals surface area contributed by atoms with Crippen LogP contribution in [0.5, 0.6) is 0 Å². The number of anilines is 1. The highest BCUT2D eigenvalue weighted by atomic mass is 16.5. The van der Waals surface area contributed by atoms with Crippen LogP contribution in [0.2, 0.25) is 0 Å². The van der Waals surface area contributed by atoms with Gasteiger partial charge in [0.05, 0.1) is 7.11 Å². The van der Waals surface area contributed by atoms with Crippen molar-refractivity contribution in [3.63, 3.8) is 0 Å². The van der Waals surface area contributed by atoms with Gasteiger partial charge in [-0.2, -0.15) is 0 Å². The highest BCUT2D eigenvalue weighted by Crippen LogP contribution is 2.16. The minimum atomic E-state index is -0.477. The first-order chi connectivity index (χ1) is 9.99. The number of hydrogen-bond donors (Lipinski definition) is 1. The van der Waals surface area contributed by atoms with E-state index < -0.39 is 5.97 Å². The first-order valence-electron chi connectivity index (χ1n) is 6.95. The number of rotatable bonds is 3. The molecule has 0 aromatic carbocycles. The molecule has 2 rings (SSSR count). The van der Waals surface area contributed by atoms with Gasteiger partial charge in [0.25, 0.3) is 0 Å². The minimum Gasteiger partial charge on any atom is -0.464 e. The second kappa shape index (κ2) is 6.51. The molecule has 0 atom stereocenters. The van der Waals surface area contributed by atoms with E-state index in [0.717, 1.165) is 25.9 Å². The molecule has 1 fully saturated rings. The maximum atomic E-state index is 11.5. The highest BCUT2D eigenvalue weighted by Gasteiger charge is 2.21. The normalized spacial score (nSPS) is 15.7. The van der Waals surface area contributed by atoms with E-state index in [1.807, 2.05) is 4.90 Å². The summed E-state index contributed by atoms with van der Waals surface area (Å²) in [4.78, 5) is 33.0. The number of amides is 1. The van der Waals surface area contributed by atoms with Crippen LogP contribution < -0.4 is 5.32 Å². The molecule has 0 aliphatic carbocycles. The number of esters is 1. The van der Waals surface area contributed by atoms with Gasteiger partial charge < -0.3 is 15.0 Å². The summed E-state index contributed by atoms with van der Waals surface area (Å²) in [5.41, 5.74) is 0.244. The van der Waals surface area contributed by atoms with Gasteiger partial charge in [-0.25, -0.2) is 14.8 Å². The molecule has 1 saturated heterocycles. The van der Waals surface area contributed by atoms with Crippen molar-refractivity contribution in [3.8, 4) is 0 Å². The van der Waals surface area contributed by atoms with E-state index in [1.165, 1.54) is 7.11 Å². The monoisotopic (exact) mass is 292 g/mol. The van der Waals surface area contributed by atoms with Crippen LogP contribution in [-0.4, -0.2) is 53.0 Å². The van der Waals surface area contributed by atoms with Crippen LogP contribution in [0.15, 0.2) is 6.07 Å². The van der Waals surface area contributed by atoms with Gasteiger partial charge in [-0.1, -0.05) is 0 Å². The molecule has 1 N–H and O–H groups in total. The first kappa shape index (κ1) is 15.2. The molecule has 0 bridgehead atoms. The average molecular weight is 292 g/mol. The fourth-order valence-corrected chi connectivity index (χ4v) is 2.40. The van der Waals surface area contributed by atoms with Crippen molar-refractivity contribution in [1.82, 2.24) is 14.9 Å². The summed E-state index contributed by atoms with van der Waals surface area (Å²) < 4.78 is 4.68. The molecule has 0 spiro atoms. The Morgan fingerprint density at radius 2 is 2.00 bits per heavy atom. The van der Waals surface area contributed by atoms with Gasteiger partial charge in [0.15, 0.2) is 5.69 Å². The molecular formula is C14H20N4O3. The summed E-state index contributed by atoms with van der Waals surface area (Å²) in [7, 11) is 1.32. The van der Waals surface area contributed by atoms with E-state index in [1.54, 1.807) is 19.9 Å². The lowest BCUT2D eigenvalue weighted by Gasteiger charge is -2.32. The lowest BCUT2D eigenvalue weighted by atomic mass is 10.1. The van der Waals surface area contributed by atoms with Gasteiger partial charge in [0, 0.05) is 32.1 Å². The fourth-order valence-electron chi connectivity index (χ4n) is 2.40. The predicted molar refractivity (Wildman–Crippen MR) is 77.0 cm³/mol. The van der Waals surface area contributed by atoms with Crippen molar-refractivity contribution in [2.75, 3.05) is 25.5 Å². The van der Waals surface area contributed by atoms with Crippen LogP contribution in [0, 0.1) is 6.92 Å². The smallest absolute Gasteiger partial charge is 0.356 e. The second-order valence-electron chi connectivity index (χ2n) is 5.10. The summed E-state index contributed by atoms with van der Waals surface area (Å²) in [6.07, 6.45) is 1.71. The molecule has 1 aliphatic rings. The number of aromatic nitrogens is 2. The molecule has 0 unspecified atom stereocenters. The summed E-state index contributed by atoms with van der Waals surface area (Å²) in [6.45, 7) is 4.79. The quantitative estimate of drug-likeness (QED) is 0.836. The molecular weight excluding hydrogens is 272 g/mol. The number of hydrogen-bond acceptors (Lipinski definition) is 6. The molecule has 0 saturated carbocycles. The standard InChI is InChI=1S/C14H20N4O3/c1-9-15-12(14(20)21-3)8-13(16-9)17-11-4-6-18(7-5-11)10(2)19/h8,11H,4-7H2,1-3H3,(H,15,16,17). The molecule has 1 amide bonds. The van der Waals surface area contributed by atoms with Crippen LogP contribution in [0.3, 0.4) is 0 Å². The molecule has 21 heavy (non-hydrogen) atoms. The Bertz CT molecular complexity index is 539. The maximum absolute atomic E-state index is 11.5. The SMILES string of the molecule is COC(=O)c1cc(NC2CCN(C(C)=O)CC2)nc(C)n1. The van der Waals surface area contributed by atoms with Crippen molar-refractivity contribution in [3.05, 3.63) is 17.6 Å². The number of nitrogens with one attached hydrogen (secondary N) is 1. The Kier molecular flexibility index (Phi) is 4.72. The number of likely N-dealkylation sites (tertiary alicyclic amines) is 1. The van der Waals surface area contributed by atoms with E-state index in [4.69, 9.17) is 0 Å². The van der Waals surface area contributed by atoms with Crippen molar-refractivity contribution in [2.24, 2.45) is 0 Å². The highest BCUT2D eigenvalue weighted by molar-refractivity contribution is 5.87. The Morgan fingerprint density at radius 1 is 1.33 bits per heavy atom. The Labute approximate surface area is 123 Å². The van der Waals surface area contributed by atoms with E-state index in [9.17, 15) is 9.59 Å². The van der Waals surface area contributed by atoms with Gasteiger partial charge in [-0.05, 0) is 19.8 Å². The molecule has 1 aromatic heterocycles. The number of nitrogens with zero attached hydrogens (tertiary/aromatic N) is 3. The Morgan fingerprint density at radius 3 is 2.57 bits per heavy atom. The molecule has 2 heterocycles. The lowest BCUT2D eigenvalue weighted by Crippen LogP contribution is -2.41. The number of carbonyl (C=O) groups is 2. The Balaban J connectivity index is 2.02. The third-order valence-electron chi connectivity index (χ3n) is 3.52. The van der Waals surface area contributed by atoms with Gasteiger partial charge >= 0.3 is 5.97 Å². The fraction of sp³-hybridized carbons (Fsp3) is 0.571. The van der Waals surface area contributed by atoms with Gasteiger partial charge in [0.1, 0.15) is 11.6 Å². The largest absolute Gasteiger partial charge is 0.464 e. The minimum absolute atomic E-state index is 0.110. The van der Waals surface area contributed by atoms with Crippen LogP contribution in [-0.2, 0) is 9.53 Å². The van der Waals surface area contributed by atoms with Gasteiger partial charge in [-0.15, -0.1) is 0 Å². The zero-order chi connectivity index (χ0) is 15.4. The second-order valence-corrected chi connectivity index (χ2v) is 5.10. The Hall–Kier alpha value is -2.18. The molecule has 7 nitrogen and oxygen atoms in total. The molecule has 0 radical (unpaired) electrons. The molecule has 1 aromatic rings.